The number of carbonyl (C=O) groups is 3. The Labute approximate surface area is 489 Å². The largest absolute Gasteiger partial charge is 0.462 e. The molecule has 0 aromatic heterocycles. The van der Waals surface area contributed by atoms with E-state index in [0.29, 0.717) is 19.3 Å². The van der Waals surface area contributed by atoms with E-state index >= 15 is 0 Å². The topological polar surface area (TPSA) is 78.9 Å². The van der Waals surface area contributed by atoms with E-state index in [-0.39, 0.29) is 31.1 Å². The Bertz CT molecular complexity index is 1590. The van der Waals surface area contributed by atoms with Gasteiger partial charge in [0.25, 0.3) is 0 Å². The molecule has 0 bridgehead atoms. The molecule has 0 saturated heterocycles. The number of ether oxygens (including phenoxy) is 3. The van der Waals surface area contributed by atoms with Gasteiger partial charge in [0.15, 0.2) is 6.10 Å². The van der Waals surface area contributed by atoms with Gasteiger partial charge in [-0.1, -0.05) is 284 Å². The van der Waals surface area contributed by atoms with Crippen molar-refractivity contribution in [1.29, 1.82) is 0 Å². The van der Waals surface area contributed by atoms with Crippen molar-refractivity contribution in [3.8, 4) is 0 Å². The van der Waals surface area contributed by atoms with Crippen molar-refractivity contribution < 1.29 is 28.6 Å². The molecule has 0 rings (SSSR count). The highest BCUT2D eigenvalue weighted by molar-refractivity contribution is 5.71. The highest BCUT2D eigenvalue weighted by Crippen LogP contribution is 2.16. The van der Waals surface area contributed by atoms with E-state index in [9.17, 15) is 14.4 Å². The van der Waals surface area contributed by atoms with E-state index in [1.165, 1.54) is 141 Å². The van der Waals surface area contributed by atoms with Gasteiger partial charge in [0, 0.05) is 19.3 Å². The monoisotopic (exact) mass is 1100 g/mol. The molecular weight excluding hydrogens is 973 g/mol. The lowest BCUT2D eigenvalue weighted by atomic mass is 10.0. The quantitative estimate of drug-likeness (QED) is 0.0261. The van der Waals surface area contributed by atoms with E-state index < -0.39 is 6.10 Å². The Balaban J connectivity index is 4.32. The molecule has 452 valence electrons. The molecule has 6 heteroatoms. The van der Waals surface area contributed by atoms with E-state index in [1.54, 1.807) is 0 Å². The first-order valence-electron chi connectivity index (χ1n) is 33.4. The van der Waals surface area contributed by atoms with Gasteiger partial charge in [0.05, 0.1) is 0 Å². The molecule has 0 heterocycles. The summed E-state index contributed by atoms with van der Waals surface area (Å²) >= 11 is 0. The third kappa shape index (κ3) is 64.8. The fraction of sp³-hybridized carbons (Fsp3) is 0.712. The van der Waals surface area contributed by atoms with E-state index in [1.807, 2.05) is 0 Å². The van der Waals surface area contributed by atoms with E-state index in [4.69, 9.17) is 14.2 Å². The molecule has 0 fully saturated rings. The molecule has 0 amide bonds. The van der Waals surface area contributed by atoms with Crippen LogP contribution in [0.15, 0.2) is 109 Å². The third-order valence-electron chi connectivity index (χ3n) is 14.2. The lowest BCUT2D eigenvalue weighted by molar-refractivity contribution is -0.167. The van der Waals surface area contributed by atoms with Gasteiger partial charge in [0.2, 0.25) is 0 Å². The van der Waals surface area contributed by atoms with Gasteiger partial charge in [-0.3, -0.25) is 14.4 Å². The molecule has 1 atom stereocenters. The highest BCUT2D eigenvalue weighted by Gasteiger charge is 2.19. The molecule has 0 aromatic carbocycles. The zero-order valence-corrected chi connectivity index (χ0v) is 51.9. The minimum Gasteiger partial charge on any atom is -0.462 e. The summed E-state index contributed by atoms with van der Waals surface area (Å²) in [5, 5.41) is 0. The van der Waals surface area contributed by atoms with Gasteiger partial charge < -0.3 is 14.2 Å². The van der Waals surface area contributed by atoms with Crippen LogP contribution in [0.25, 0.3) is 0 Å². The van der Waals surface area contributed by atoms with Crippen LogP contribution in [0.3, 0.4) is 0 Å². The van der Waals surface area contributed by atoms with Crippen molar-refractivity contribution in [3.05, 3.63) is 109 Å². The smallest absolute Gasteiger partial charge is 0.306 e. The minimum atomic E-state index is -0.792. The predicted molar refractivity (Wildman–Crippen MR) is 343 cm³/mol. The average Bonchev–Trinajstić information content (AvgIpc) is 3.45. The number of hydrogen-bond acceptors (Lipinski definition) is 6. The van der Waals surface area contributed by atoms with E-state index in [2.05, 4.69) is 130 Å². The van der Waals surface area contributed by atoms with Crippen molar-refractivity contribution in [3.63, 3.8) is 0 Å². The Morgan fingerprint density at radius 2 is 0.519 bits per heavy atom. The zero-order chi connectivity index (χ0) is 57.1. The van der Waals surface area contributed by atoms with Gasteiger partial charge in [0.1, 0.15) is 13.2 Å². The second-order valence-electron chi connectivity index (χ2n) is 22.0. The maximum Gasteiger partial charge on any atom is 0.306 e. The standard InChI is InChI=1S/C73H124O6/c1-4-7-10-13-16-19-22-25-27-29-31-33-34-35-36-37-38-40-41-43-45-48-51-54-57-60-63-66-72(75)78-69-70(68-77-71(74)65-62-59-56-53-50-47-24-21-18-15-12-9-6-3)79-73(76)67-64-61-58-55-52-49-46-44-42-39-32-30-28-26-23-20-17-14-11-8-5-2/h8,11-12,15,17,20-22,24-26,28-29,31-32,34-35,39,70H,4-7,9-10,13-14,16,18-19,23,27,30,33,36-38,40-69H2,1-3H3/b11-8-,15-12-,20-17-,24-21-,25-22-,28-26-,31-29-,35-34-,39-32-. The number of allylic oxidation sites excluding steroid dienone is 18. The van der Waals surface area contributed by atoms with Crippen molar-refractivity contribution in [2.75, 3.05) is 13.2 Å². The van der Waals surface area contributed by atoms with Gasteiger partial charge in [-0.15, -0.1) is 0 Å². The summed E-state index contributed by atoms with van der Waals surface area (Å²) in [6, 6.07) is 0. The van der Waals surface area contributed by atoms with Crippen LogP contribution in [0.1, 0.15) is 316 Å². The minimum absolute atomic E-state index is 0.0870. The van der Waals surface area contributed by atoms with Crippen LogP contribution in [0.5, 0.6) is 0 Å². The Hall–Kier alpha value is -3.93. The van der Waals surface area contributed by atoms with Crippen LogP contribution >= 0.6 is 0 Å². The molecular formula is C73H124O6. The van der Waals surface area contributed by atoms with Crippen LogP contribution in [-0.2, 0) is 28.6 Å². The maximum atomic E-state index is 12.9. The number of rotatable bonds is 60. The van der Waals surface area contributed by atoms with Crippen LogP contribution in [0, 0.1) is 0 Å². The molecule has 6 nitrogen and oxygen atoms in total. The van der Waals surface area contributed by atoms with Crippen molar-refractivity contribution in [2.24, 2.45) is 0 Å². The molecule has 0 aromatic rings. The summed E-state index contributed by atoms with van der Waals surface area (Å²) in [5.41, 5.74) is 0. The van der Waals surface area contributed by atoms with Crippen molar-refractivity contribution >= 4 is 17.9 Å². The summed E-state index contributed by atoms with van der Waals surface area (Å²) in [6.45, 7) is 6.46. The fourth-order valence-electron chi connectivity index (χ4n) is 9.24. The molecule has 0 radical (unpaired) electrons. The lowest BCUT2D eigenvalue weighted by Gasteiger charge is -2.18. The van der Waals surface area contributed by atoms with Crippen molar-refractivity contribution in [2.45, 2.75) is 322 Å². The molecule has 0 N–H and O–H groups in total. The van der Waals surface area contributed by atoms with Crippen LogP contribution in [0.2, 0.25) is 0 Å². The van der Waals surface area contributed by atoms with Gasteiger partial charge in [-0.05, 0) is 122 Å². The average molecular weight is 1100 g/mol. The third-order valence-corrected chi connectivity index (χ3v) is 14.2. The summed E-state index contributed by atoms with van der Waals surface area (Å²) in [7, 11) is 0. The number of hydrogen-bond donors (Lipinski definition) is 0. The van der Waals surface area contributed by atoms with Crippen LogP contribution in [-0.4, -0.2) is 37.2 Å². The van der Waals surface area contributed by atoms with Crippen LogP contribution in [0.4, 0.5) is 0 Å². The van der Waals surface area contributed by atoms with Gasteiger partial charge >= 0.3 is 17.9 Å². The SMILES string of the molecule is CC/C=C\C/C=C\C/C=C\C/C=C\CCCCCCCCCCC(=O)OC(COC(=O)CCCCCCC/C=C\C/C=C\CCC)COC(=O)CCCCCCCCCCCCCC/C=C\C/C=C\C/C=C\CCCCCCC. The Morgan fingerprint density at radius 1 is 0.266 bits per heavy atom. The van der Waals surface area contributed by atoms with E-state index in [0.717, 1.165) is 135 Å². The van der Waals surface area contributed by atoms with Crippen molar-refractivity contribution in [1.82, 2.24) is 0 Å². The summed E-state index contributed by atoms with van der Waals surface area (Å²) in [6.07, 6.45) is 91.0. The lowest BCUT2D eigenvalue weighted by Crippen LogP contribution is -2.30. The Morgan fingerprint density at radius 3 is 0.823 bits per heavy atom. The van der Waals surface area contributed by atoms with Gasteiger partial charge in [-0.2, -0.15) is 0 Å². The maximum absolute atomic E-state index is 12.9. The molecule has 0 spiro atoms. The number of carbonyl (C=O) groups excluding carboxylic acids is 3. The summed E-state index contributed by atoms with van der Waals surface area (Å²) in [4.78, 5) is 38.4. The zero-order valence-electron chi connectivity index (χ0n) is 51.9. The summed E-state index contributed by atoms with van der Waals surface area (Å²) < 4.78 is 16.9. The molecule has 0 aliphatic carbocycles. The Kier molecular flexibility index (Phi) is 63.3. The fourth-order valence-corrected chi connectivity index (χ4v) is 9.24. The first-order valence-corrected chi connectivity index (χ1v) is 33.4. The molecule has 79 heavy (non-hydrogen) atoms. The first-order chi connectivity index (χ1) is 39.0. The number of esters is 3. The normalized spacial score (nSPS) is 12.8. The number of unbranched alkanes of at least 4 members (excludes halogenated alkanes) is 31. The molecule has 0 aliphatic heterocycles. The van der Waals surface area contributed by atoms with Gasteiger partial charge in [-0.25, -0.2) is 0 Å². The highest BCUT2D eigenvalue weighted by atomic mass is 16.6. The molecule has 1 unspecified atom stereocenters. The first kappa shape index (κ1) is 75.1. The second-order valence-corrected chi connectivity index (χ2v) is 22.0. The molecule has 0 aliphatic rings. The second kappa shape index (κ2) is 66.6. The molecule has 0 saturated carbocycles. The summed E-state index contributed by atoms with van der Waals surface area (Å²) in [5.74, 6) is -0.903. The van der Waals surface area contributed by atoms with Crippen LogP contribution < -0.4 is 0 Å². The predicted octanol–water partition coefficient (Wildman–Crippen LogP) is 23.0.